The average molecular weight is 593 g/mol. The van der Waals surface area contributed by atoms with Gasteiger partial charge in [-0.15, -0.1) is 0 Å². The summed E-state index contributed by atoms with van der Waals surface area (Å²) in [5.74, 6) is -1.03. The zero-order valence-corrected chi connectivity index (χ0v) is 25.4. The lowest BCUT2D eigenvalue weighted by molar-refractivity contribution is -0.109. The van der Waals surface area contributed by atoms with Gasteiger partial charge in [0.05, 0.1) is 10.1 Å². The fourth-order valence-corrected chi connectivity index (χ4v) is 3.39. The highest BCUT2D eigenvalue weighted by molar-refractivity contribution is 6.31. The van der Waals surface area contributed by atoms with Crippen LogP contribution in [-0.2, 0) is 9.59 Å². The van der Waals surface area contributed by atoms with Gasteiger partial charge >= 0.3 is 0 Å². The Hall–Kier alpha value is -2.26. The van der Waals surface area contributed by atoms with Gasteiger partial charge in [0, 0.05) is 31.3 Å². The number of aliphatic hydroxyl groups excluding tert-OH is 1. The van der Waals surface area contributed by atoms with Crippen LogP contribution in [0.5, 0.6) is 0 Å². The van der Waals surface area contributed by atoms with E-state index in [1.54, 1.807) is 6.08 Å². The van der Waals surface area contributed by atoms with Crippen LogP contribution in [0.2, 0.25) is 5.02 Å². The Morgan fingerprint density at radius 3 is 2.33 bits per heavy atom. The number of anilines is 1. The van der Waals surface area contributed by atoms with Gasteiger partial charge in [0.2, 0.25) is 12.8 Å². The lowest BCUT2D eigenvalue weighted by Crippen LogP contribution is -2.13. The molecule has 1 aromatic rings. The fraction of sp³-hybridized carbons (Fsp3) is 0.517. The molecule has 0 saturated carbocycles. The highest BCUT2D eigenvalue weighted by Crippen LogP contribution is 2.37. The number of aliphatic hydroxyl groups is 1. The van der Waals surface area contributed by atoms with Gasteiger partial charge in [-0.3, -0.25) is 9.59 Å². The number of carbonyl (C=O) groups is 2. The van der Waals surface area contributed by atoms with E-state index >= 15 is 0 Å². The van der Waals surface area contributed by atoms with Gasteiger partial charge in [0.25, 0.3) is 0 Å². The number of amides is 2. The van der Waals surface area contributed by atoms with Crippen molar-refractivity contribution in [1.29, 1.82) is 0 Å². The van der Waals surface area contributed by atoms with Gasteiger partial charge in [-0.25, -0.2) is 8.78 Å². The molecule has 2 atom stereocenters. The largest absolute Gasteiger partial charge is 0.396 e. The smallest absolute Gasteiger partial charge is 0.211 e. The van der Waals surface area contributed by atoms with Crippen LogP contribution >= 0.6 is 23.2 Å². The predicted octanol–water partition coefficient (Wildman–Crippen LogP) is 7.10. The third kappa shape index (κ3) is 18.6. The summed E-state index contributed by atoms with van der Waals surface area (Å²) < 4.78 is 27.5. The van der Waals surface area contributed by atoms with Gasteiger partial charge in [-0.2, -0.15) is 0 Å². The second-order valence-electron chi connectivity index (χ2n) is 9.83. The summed E-state index contributed by atoms with van der Waals surface area (Å²) >= 11 is 11.5. The number of hydrogen-bond donors (Lipinski definition) is 4. The second kappa shape index (κ2) is 22.5. The quantitative estimate of drug-likeness (QED) is 0.125. The Morgan fingerprint density at radius 1 is 1.21 bits per heavy atom. The van der Waals surface area contributed by atoms with Gasteiger partial charge in [-0.05, 0) is 60.6 Å². The number of nitrogens with one attached hydrogen (secondary N) is 3. The molecule has 1 aliphatic rings. The molecule has 1 saturated heterocycles. The third-order valence-electron chi connectivity index (χ3n) is 4.72. The summed E-state index contributed by atoms with van der Waals surface area (Å²) in [4.78, 5) is 20.3. The Labute approximate surface area is 242 Å². The van der Waals surface area contributed by atoms with Crippen LogP contribution in [0, 0.1) is 17.2 Å². The molecule has 1 aliphatic heterocycles. The monoisotopic (exact) mass is 591 g/mol. The average Bonchev–Trinajstić information content (AvgIpc) is 3.35. The molecule has 0 spiro atoms. The predicted molar refractivity (Wildman–Crippen MR) is 160 cm³/mol. The first-order chi connectivity index (χ1) is 18.4. The van der Waals surface area contributed by atoms with E-state index < -0.39 is 11.6 Å². The lowest BCUT2D eigenvalue weighted by atomic mass is 9.85. The molecule has 0 unspecified atom stereocenters. The molecule has 1 aromatic carbocycles. The zero-order chi connectivity index (χ0) is 30.4. The van der Waals surface area contributed by atoms with Crippen molar-refractivity contribution >= 4 is 41.7 Å². The van der Waals surface area contributed by atoms with E-state index in [1.807, 2.05) is 13.8 Å². The third-order valence-corrected chi connectivity index (χ3v) is 5.34. The van der Waals surface area contributed by atoms with Gasteiger partial charge in [0.15, 0.2) is 0 Å². The molecule has 2 rings (SSSR count). The van der Waals surface area contributed by atoms with E-state index in [2.05, 4.69) is 50.2 Å². The van der Waals surface area contributed by atoms with Crippen molar-refractivity contribution in [1.82, 2.24) is 10.6 Å². The molecule has 0 radical (unpaired) electrons. The van der Waals surface area contributed by atoms with Gasteiger partial charge < -0.3 is 21.1 Å². The normalized spacial score (nSPS) is 16.8. The van der Waals surface area contributed by atoms with Crippen LogP contribution in [0.25, 0.3) is 0 Å². The Bertz CT molecular complexity index is 914. The molecule has 1 fully saturated rings. The lowest BCUT2D eigenvalue weighted by Gasteiger charge is -2.21. The summed E-state index contributed by atoms with van der Waals surface area (Å²) in [7, 11) is 0. The second-order valence-corrected chi connectivity index (χ2v) is 10.6. The molecule has 4 N–H and O–H groups in total. The standard InChI is InChI=1S/C18H18Cl2F2N2O.C5H12.C4H9NO2.C2H6/c1-2-14(19)16(21)5-3-4-11-8-23-9-13(11)12-6-17(22)15(20)7-18(12)24-10-25;1-5(2,3)4;6-3-1-2-5-4-7;1-2/h2-3,5-7,10-11,13,23H,1,4,8-9H2,(H,24,25);1-4H3;4,6H,1-3H2,(H,5,7);1-2H3/b5-3-,16-14-;;;/t11-,13+;;;/m0.../s1. The number of rotatable bonds is 11. The minimum absolute atomic E-state index is 0.0409. The summed E-state index contributed by atoms with van der Waals surface area (Å²) in [5, 5.41) is 16.3. The van der Waals surface area contributed by atoms with Crippen molar-refractivity contribution in [3.8, 4) is 0 Å². The van der Waals surface area contributed by atoms with E-state index in [1.165, 1.54) is 24.3 Å². The van der Waals surface area contributed by atoms with Crippen LogP contribution in [-0.4, -0.2) is 44.2 Å². The van der Waals surface area contributed by atoms with E-state index in [9.17, 15) is 18.4 Å². The first-order valence-corrected chi connectivity index (χ1v) is 13.7. The summed E-state index contributed by atoms with van der Waals surface area (Å²) in [6, 6.07) is 2.75. The number of carbonyl (C=O) groups excluding carboxylic acids is 2. The topological polar surface area (TPSA) is 90.5 Å². The molecule has 0 aliphatic carbocycles. The zero-order valence-electron chi connectivity index (χ0n) is 23.9. The minimum Gasteiger partial charge on any atom is -0.396 e. The van der Waals surface area contributed by atoms with Crippen LogP contribution in [0.3, 0.4) is 0 Å². The molecular formula is C29H45Cl2F2N3O3. The van der Waals surface area contributed by atoms with Crippen molar-refractivity contribution in [3.63, 3.8) is 0 Å². The molecule has 0 aromatic heterocycles. The van der Waals surface area contributed by atoms with Gasteiger partial charge in [-0.1, -0.05) is 77.4 Å². The van der Waals surface area contributed by atoms with E-state index in [0.29, 0.717) is 62.0 Å². The fourth-order valence-electron chi connectivity index (χ4n) is 3.17. The molecular weight excluding hydrogens is 547 g/mol. The van der Waals surface area contributed by atoms with E-state index in [-0.39, 0.29) is 28.5 Å². The van der Waals surface area contributed by atoms with E-state index in [0.717, 1.165) is 0 Å². The molecule has 6 nitrogen and oxygen atoms in total. The molecule has 0 bridgehead atoms. The number of hydrogen-bond acceptors (Lipinski definition) is 4. The van der Waals surface area contributed by atoms with Crippen LogP contribution in [0.1, 0.15) is 65.9 Å². The SMILES string of the molecule is C=C/C(Cl)=C(F)\C=C/C[C@H]1CNC[C@H]1c1cc(F)c(Cl)cc1NC=O.CC.CC(C)(C)C.O=CNCCCO. The highest BCUT2D eigenvalue weighted by Gasteiger charge is 2.30. The summed E-state index contributed by atoms with van der Waals surface area (Å²) in [5.41, 5.74) is 1.64. The molecule has 39 heavy (non-hydrogen) atoms. The first kappa shape index (κ1) is 38.9. The van der Waals surface area contributed by atoms with Crippen molar-refractivity contribution in [2.75, 3.05) is 31.6 Å². The Morgan fingerprint density at radius 2 is 1.82 bits per heavy atom. The number of halogens is 4. The van der Waals surface area contributed by atoms with Crippen molar-refractivity contribution in [3.05, 3.63) is 64.2 Å². The molecule has 222 valence electrons. The number of allylic oxidation sites excluding steroid dienone is 5. The van der Waals surface area contributed by atoms with Crippen LogP contribution in [0.15, 0.2) is 47.8 Å². The maximum absolute atomic E-state index is 13.9. The highest BCUT2D eigenvalue weighted by atomic mass is 35.5. The Kier molecular flexibility index (Phi) is 22.5. The molecule has 1 heterocycles. The molecule has 10 heteroatoms. The van der Waals surface area contributed by atoms with Crippen LogP contribution < -0.4 is 16.0 Å². The van der Waals surface area contributed by atoms with Gasteiger partial charge in [0.1, 0.15) is 11.6 Å². The summed E-state index contributed by atoms with van der Waals surface area (Å²) in [6.07, 6.45) is 6.57. The number of benzene rings is 1. The Balaban J connectivity index is 0. The maximum atomic E-state index is 13.9. The first-order valence-electron chi connectivity index (χ1n) is 12.9. The maximum Gasteiger partial charge on any atom is 0.211 e. The minimum atomic E-state index is -0.556. The van der Waals surface area contributed by atoms with E-state index in [4.69, 9.17) is 28.3 Å². The van der Waals surface area contributed by atoms with Crippen LogP contribution in [0.4, 0.5) is 14.5 Å². The van der Waals surface area contributed by atoms with Crippen molar-refractivity contribution in [2.45, 2.75) is 60.3 Å². The van der Waals surface area contributed by atoms with Crippen molar-refractivity contribution < 1.29 is 23.5 Å². The molecule has 2 amide bonds. The van der Waals surface area contributed by atoms with Crippen molar-refractivity contribution in [2.24, 2.45) is 11.3 Å². The summed E-state index contributed by atoms with van der Waals surface area (Å²) in [6.45, 7) is 18.2.